The van der Waals surface area contributed by atoms with Gasteiger partial charge in [0.1, 0.15) is 18.5 Å². The molecular formula is C25H26N2O3. The minimum atomic E-state index is -0.747. The summed E-state index contributed by atoms with van der Waals surface area (Å²) in [5, 5.41) is 20.4. The second-order valence-electron chi connectivity index (χ2n) is 7.42. The quantitative estimate of drug-likeness (QED) is 0.467. The van der Waals surface area contributed by atoms with Crippen molar-refractivity contribution >= 4 is 11.0 Å². The van der Waals surface area contributed by atoms with Crippen LogP contribution >= 0.6 is 0 Å². The van der Waals surface area contributed by atoms with Gasteiger partial charge in [-0.3, -0.25) is 0 Å². The van der Waals surface area contributed by atoms with Gasteiger partial charge in [0, 0.05) is 0 Å². The van der Waals surface area contributed by atoms with Crippen LogP contribution in [-0.4, -0.2) is 32.5 Å². The highest BCUT2D eigenvalue weighted by molar-refractivity contribution is 5.75. The first-order chi connectivity index (χ1) is 14.7. The Balaban J connectivity index is 1.54. The molecule has 1 heterocycles. The average molecular weight is 402 g/mol. The molecule has 0 radical (unpaired) electrons. The monoisotopic (exact) mass is 402 g/mol. The predicted octanol–water partition coefficient (Wildman–Crippen LogP) is 4.00. The first-order valence-corrected chi connectivity index (χ1v) is 10.1. The Morgan fingerprint density at radius 3 is 2.40 bits per heavy atom. The molecular weight excluding hydrogens is 376 g/mol. The second kappa shape index (κ2) is 9.22. The fourth-order valence-electron chi connectivity index (χ4n) is 3.79. The number of para-hydroxylation sites is 2. The van der Waals surface area contributed by atoms with Crippen molar-refractivity contribution in [2.75, 3.05) is 6.61 Å². The zero-order chi connectivity index (χ0) is 20.9. The molecule has 4 rings (SSSR count). The number of aromatic nitrogens is 2. The number of rotatable bonds is 8. The van der Waals surface area contributed by atoms with E-state index in [2.05, 4.69) is 24.0 Å². The summed E-state index contributed by atoms with van der Waals surface area (Å²) in [4.78, 5) is 4.45. The highest BCUT2D eigenvalue weighted by atomic mass is 16.5. The van der Waals surface area contributed by atoms with E-state index in [1.807, 2.05) is 71.3 Å². The van der Waals surface area contributed by atoms with E-state index in [0.29, 0.717) is 12.4 Å². The molecule has 0 aliphatic heterocycles. The number of fused-ring (bicyclic) bond motifs is 1. The van der Waals surface area contributed by atoms with Gasteiger partial charge in [0.05, 0.1) is 30.3 Å². The van der Waals surface area contributed by atoms with E-state index in [-0.39, 0.29) is 19.3 Å². The molecule has 2 atom stereocenters. The van der Waals surface area contributed by atoms with E-state index in [0.717, 1.165) is 27.7 Å². The van der Waals surface area contributed by atoms with E-state index in [1.165, 1.54) is 0 Å². The molecule has 0 unspecified atom stereocenters. The second-order valence-corrected chi connectivity index (χ2v) is 7.42. The lowest BCUT2D eigenvalue weighted by molar-refractivity contribution is -0.000932. The van der Waals surface area contributed by atoms with Crippen molar-refractivity contribution in [3.63, 3.8) is 0 Å². The third-order valence-corrected chi connectivity index (χ3v) is 5.30. The molecule has 4 aromatic rings. The van der Waals surface area contributed by atoms with Crippen molar-refractivity contribution in [2.45, 2.75) is 32.3 Å². The third kappa shape index (κ3) is 4.28. The maximum atomic E-state index is 10.8. The summed E-state index contributed by atoms with van der Waals surface area (Å²) in [7, 11) is 0. The lowest BCUT2D eigenvalue weighted by Gasteiger charge is -2.23. The van der Waals surface area contributed by atoms with E-state index in [4.69, 9.17) is 4.74 Å². The molecule has 0 aliphatic rings. The van der Waals surface area contributed by atoms with Gasteiger partial charge in [-0.2, -0.15) is 0 Å². The Hall–Kier alpha value is -2.99. The summed E-state index contributed by atoms with van der Waals surface area (Å²) in [6, 6.07) is 25.9. The smallest absolute Gasteiger partial charge is 0.135 e. The van der Waals surface area contributed by atoms with Crippen LogP contribution < -0.4 is 0 Å². The third-order valence-electron chi connectivity index (χ3n) is 5.30. The molecule has 0 amide bonds. The number of ether oxygens (including phenoxy) is 1. The van der Waals surface area contributed by atoms with Gasteiger partial charge >= 0.3 is 0 Å². The van der Waals surface area contributed by atoms with E-state index >= 15 is 0 Å². The van der Waals surface area contributed by atoms with E-state index < -0.39 is 6.10 Å². The number of aliphatic hydroxyl groups is 2. The van der Waals surface area contributed by atoms with Crippen LogP contribution in [0.4, 0.5) is 0 Å². The predicted molar refractivity (Wildman–Crippen MR) is 117 cm³/mol. The van der Waals surface area contributed by atoms with Crippen LogP contribution in [0, 0.1) is 6.92 Å². The molecule has 0 fully saturated rings. The highest BCUT2D eigenvalue weighted by Gasteiger charge is 2.20. The van der Waals surface area contributed by atoms with Crippen LogP contribution in [0.1, 0.15) is 28.6 Å². The standard InChI is InChI=1S/C25H26N2O3/c1-18-9-5-6-12-21(18)25(19-10-3-2-4-11-19)30-17-20(29)15-27-23-14-8-7-13-22(23)26-24(27)16-28/h2-14,20,25,28-29H,15-17H2,1H3/t20-,25+/m1/s1. The number of aliphatic hydroxyl groups excluding tert-OH is 2. The molecule has 0 bridgehead atoms. The minimum Gasteiger partial charge on any atom is -0.389 e. The Morgan fingerprint density at radius 1 is 0.933 bits per heavy atom. The van der Waals surface area contributed by atoms with Crippen LogP contribution in [-0.2, 0) is 17.9 Å². The fraction of sp³-hybridized carbons (Fsp3) is 0.240. The lowest BCUT2D eigenvalue weighted by atomic mass is 9.97. The van der Waals surface area contributed by atoms with Gasteiger partial charge in [0.15, 0.2) is 0 Å². The van der Waals surface area contributed by atoms with Gasteiger partial charge in [-0.1, -0.05) is 66.7 Å². The molecule has 0 saturated heterocycles. The van der Waals surface area contributed by atoms with E-state index in [1.54, 1.807) is 0 Å². The van der Waals surface area contributed by atoms with Gasteiger partial charge in [-0.15, -0.1) is 0 Å². The Labute approximate surface area is 176 Å². The molecule has 3 aromatic carbocycles. The van der Waals surface area contributed by atoms with Gasteiger partial charge in [0.25, 0.3) is 0 Å². The first-order valence-electron chi connectivity index (χ1n) is 10.1. The van der Waals surface area contributed by atoms with Gasteiger partial charge in [-0.25, -0.2) is 4.98 Å². The average Bonchev–Trinajstić information content (AvgIpc) is 3.13. The van der Waals surface area contributed by atoms with E-state index in [9.17, 15) is 10.2 Å². The zero-order valence-corrected chi connectivity index (χ0v) is 17.0. The minimum absolute atomic E-state index is 0.158. The molecule has 5 nitrogen and oxygen atoms in total. The Morgan fingerprint density at radius 2 is 1.63 bits per heavy atom. The SMILES string of the molecule is Cc1ccccc1[C@@H](OC[C@H](O)Cn1c(CO)nc2ccccc21)c1ccccc1. The summed E-state index contributed by atoms with van der Waals surface area (Å²) in [6.07, 6.45) is -1.01. The van der Waals surface area contributed by atoms with Crippen molar-refractivity contribution in [1.82, 2.24) is 9.55 Å². The number of hydrogen-bond donors (Lipinski definition) is 2. The fourth-order valence-corrected chi connectivity index (χ4v) is 3.79. The number of hydrogen-bond acceptors (Lipinski definition) is 4. The van der Waals surface area contributed by atoms with Crippen molar-refractivity contribution in [3.05, 3.63) is 101 Å². The summed E-state index contributed by atoms with van der Waals surface area (Å²) in [6.45, 7) is 2.34. The first kappa shape index (κ1) is 20.3. The normalized spacial score (nSPS) is 13.4. The van der Waals surface area contributed by atoms with Crippen LogP contribution in [0.5, 0.6) is 0 Å². The Kier molecular flexibility index (Phi) is 6.23. The highest BCUT2D eigenvalue weighted by Crippen LogP contribution is 2.28. The van der Waals surface area contributed by atoms with Crippen LogP contribution in [0.2, 0.25) is 0 Å². The zero-order valence-electron chi connectivity index (χ0n) is 17.0. The largest absolute Gasteiger partial charge is 0.389 e. The molecule has 5 heteroatoms. The molecule has 0 spiro atoms. The van der Waals surface area contributed by atoms with Gasteiger partial charge in [0.2, 0.25) is 0 Å². The van der Waals surface area contributed by atoms with Crippen LogP contribution in [0.25, 0.3) is 11.0 Å². The summed E-state index contributed by atoms with van der Waals surface area (Å²) < 4.78 is 8.10. The Bertz CT molecular complexity index is 1110. The molecule has 154 valence electrons. The number of aryl methyl sites for hydroxylation is 1. The van der Waals surface area contributed by atoms with Crippen LogP contribution in [0.15, 0.2) is 78.9 Å². The molecule has 2 N–H and O–H groups in total. The maximum absolute atomic E-state index is 10.8. The van der Waals surface area contributed by atoms with Gasteiger partial charge in [-0.05, 0) is 35.7 Å². The van der Waals surface area contributed by atoms with Crippen molar-refractivity contribution in [3.8, 4) is 0 Å². The molecule has 30 heavy (non-hydrogen) atoms. The summed E-state index contributed by atoms with van der Waals surface area (Å²) in [5.74, 6) is 0.536. The molecule has 0 saturated carbocycles. The van der Waals surface area contributed by atoms with Crippen molar-refractivity contribution in [2.24, 2.45) is 0 Å². The topological polar surface area (TPSA) is 67.5 Å². The summed E-state index contributed by atoms with van der Waals surface area (Å²) >= 11 is 0. The molecule has 1 aromatic heterocycles. The number of benzene rings is 3. The van der Waals surface area contributed by atoms with Crippen molar-refractivity contribution in [1.29, 1.82) is 0 Å². The molecule has 0 aliphatic carbocycles. The van der Waals surface area contributed by atoms with Gasteiger partial charge < -0.3 is 19.5 Å². The lowest BCUT2D eigenvalue weighted by Crippen LogP contribution is -2.24. The van der Waals surface area contributed by atoms with Crippen LogP contribution in [0.3, 0.4) is 0 Å². The number of imidazole rings is 1. The maximum Gasteiger partial charge on any atom is 0.135 e. The number of nitrogens with zero attached hydrogens (tertiary/aromatic N) is 2. The summed E-state index contributed by atoms with van der Waals surface area (Å²) in [5.41, 5.74) is 4.96. The van der Waals surface area contributed by atoms with Crippen molar-refractivity contribution < 1.29 is 14.9 Å².